The fraction of sp³-hybridized carbons (Fsp3) is 0.905. The standard InChI is InChI=1S/C21H31F3O2/c1-19-9-7-13(25)11-12(19)3-4-14-15-5-6-17(18(26)21(22,23)24)20(15,2)10-8-16(14)19/h3,13-18,25-26H,4-11H2,1-2H3/t13-,14-,15-,16-,17+,18?,19-,20-/m0/s1. The Kier molecular flexibility index (Phi) is 4.32. The average Bonchev–Trinajstić information content (AvgIpc) is 2.91. The predicted molar refractivity (Wildman–Crippen MR) is 93.3 cm³/mol. The number of fused-ring (bicyclic) bond motifs is 5. The van der Waals surface area contributed by atoms with Crippen molar-refractivity contribution in [2.75, 3.05) is 0 Å². The summed E-state index contributed by atoms with van der Waals surface area (Å²) in [5.41, 5.74) is 1.07. The summed E-state index contributed by atoms with van der Waals surface area (Å²) >= 11 is 0. The van der Waals surface area contributed by atoms with Gasteiger partial charge < -0.3 is 10.2 Å². The van der Waals surface area contributed by atoms with Crippen LogP contribution in [0.1, 0.15) is 65.2 Å². The topological polar surface area (TPSA) is 40.5 Å². The molecule has 148 valence electrons. The van der Waals surface area contributed by atoms with Crippen LogP contribution in [-0.4, -0.2) is 28.6 Å². The number of rotatable bonds is 1. The Hall–Kier alpha value is -0.550. The van der Waals surface area contributed by atoms with Gasteiger partial charge in [-0.25, -0.2) is 0 Å². The lowest BCUT2D eigenvalue weighted by molar-refractivity contribution is -0.233. The highest BCUT2D eigenvalue weighted by atomic mass is 19.4. The molecule has 4 rings (SSSR count). The third-order valence-electron chi connectivity index (χ3n) is 8.87. The van der Waals surface area contributed by atoms with Gasteiger partial charge in [0, 0.05) is 0 Å². The molecule has 0 aromatic heterocycles. The summed E-state index contributed by atoms with van der Waals surface area (Å²) in [5, 5.41) is 20.0. The molecule has 0 radical (unpaired) electrons. The first-order chi connectivity index (χ1) is 12.1. The Morgan fingerprint density at radius 2 is 1.81 bits per heavy atom. The molecule has 0 amide bonds. The second-order valence-electron chi connectivity index (χ2n) is 9.87. The minimum Gasteiger partial charge on any atom is -0.393 e. The molecule has 1 unspecified atom stereocenters. The Morgan fingerprint density at radius 1 is 1.08 bits per heavy atom. The summed E-state index contributed by atoms with van der Waals surface area (Å²) in [6.07, 6.45) is 1.86. The molecule has 0 saturated heterocycles. The zero-order chi connectivity index (χ0) is 18.9. The maximum absolute atomic E-state index is 13.2. The first kappa shape index (κ1) is 18.8. The number of aliphatic hydroxyl groups excluding tert-OH is 2. The quantitative estimate of drug-likeness (QED) is 0.646. The molecule has 0 bridgehead atoms. The van der Waals surface area contributed by atoms with E-state index in [0.717, 1.165) is 44.9 Å². The molecule has 0 aliphatic heterocycles. The van der Waals surface area contributed by atoms with Crippen LogP contribution in [0.5, 0.6) is 0 Å². The van der Waals surface area contributed by atoms with Crippen molar-refractivity contribution in [2.24, 2.45) is 34.5 Å². The van der Waals surface area contributed by atoms with Gasteiger partial charge in [-0.15, -0.1) is 0 Å². The monoisotopic (exact) mass is 372 g/mol. The van der Waals surface area contributed by atoms with Crippen LogP contribution in [0, 0.1) is 34.5 Å². The SMILES string of the molecule is C[C@]12CC[C@H]3[C@@H](CC=C4C[C@@H](O)CC[C@@]43C)[C@@H]1CC[C@@H]2C(O)C(F)(F)F. The van der Waals surface area contributed by atoms with E-state index in [1.165, 1.54) is 5.57 Å². The molecule has 26 heavy (non-hydrogen) atoms. The van der Waals surface area contributed by atoms with Crippen molar-refractivity contribution >= 4 is 0 Å². The largest absolute Gasteiger partial charge is 0.414 e. The van der Waals surface area contributed by atoms with Crippen LogP contribution in [0.2, 0.25) is 0 Å². The number of hydrogen-bond donors (Lipinski definition) is 2. The van der Waals surface area contributed by atoms with Crippen LogP contribution in [0.15, 0.2) is 11.6 Å². The molecule has 0 aromatic rings. The van der Waals surface area contributed by atoms with Crippen molar-refractivity contribution in [2.45, 2.75) is 83.6 Å². The van der Waals surface area contributed by atoms with Crippen molar-refractivity contribution < 1.29 is 23.4 Å². The highest BCUT2D eigenvalue weighted by molar-refractivity contribution is 5.25. The van der Waals surface area contributed by atoms with E-state index in [-0.39, 0.29) is 17.4 Å². The number of aliphatic hydroxyl groups is 2. The van der Waals surface area contributed by atoms with Gasteiger partial charge in [0.25, 0.3) is 0 Å². The average molecular weight is 372 g/mol. The van der Waals surface area contributed by atoms with Crippen LogP contribution >= 0.6 is 0 Å². The Morgan fingerprint density at radius 3 is 2.50 bits per heavy atom. The molecular weight excluding hydrogens is 341 g/mol. The maximum Gasteiger partial charge on any atom is 0.414 e. The summed E-state index contributed by atoms with van der Waals surface area (Å²) < 4.78 is 39.6. The summed E-state index contributed by atoms with van der Waals surface area (Å²) in [6, 6.07) is 0. The molecule has 2 nitrogen and oxygen atoms in total. The van der Waals surface area contributed by atoms with E-state index in [1.54, 1.807) is 0 Å². The highest BCUT2D eigenvalue weighted by Gasteiger charge is 2.62. The van der Waals surface area contributed by atoms with Crippen LogP contribution < -0.4 is 0 Å². The van der Waals surface area contributed by atoms with E-state index < -0.39 is 23.6 Å². The summed E-state index contributed by atoms with van der Waals surface area (Å²) in [4.78, 5) is 0. The molecule has 2 N–H and O–H groups in total. The molecule has 0 aromatic carbocycles. The molecule has 0 heterocycles. The first-order valence-electron chi connectivity index (χ1n) is 10.2. The Balaban J connectivity index is 1.62. The van der Waals surface area contributed by atoms with Crippen molar-refractivity contribution in [3.05, 3.63) is 11.6 Å². The van der Waals surface area contributed by atoms with E-state index >= 15 is 0 Å². The Labute approximate surface area is 153 Å². The minimum atomic E-state index is -4.52. The van der Waals surface area contributed by atoms with Gasteiger partial charge in [-0.05, 0) is 85.9 Å². The lowest BCUT2D eigenvalue weighted by atomic mass is 9.47. The van der Waals surface area contributed by atoms with Crippen LogP contribution in [0.4, 0.5) is 13.2 Å². The van der Waals surface area contributed by atoms with Crippen molar-refractivity contribution in [3.63, 3.8) is 0 Å². The van der Waals surface area contributed by atoms with E-state index in [9.17, 15) is 23.4 Å². The van der Waals surface area contributed by atoms with E-state index in [0.29, 0.717) is 18.3 Å². The molecule has 3 fully saturated rings. The number of halogens is 3. The minimum absolute atomic E-state index is 0.101. The fourth-order valence-corrected chi connectivity index (χ4v) is 7.43. The van der Waals surface area contributed by atoms with E-state index in [2.05, 4.69) is 13.0 Å². The summed E-state index contributed by atoms with van der Waals surface area (Å²) in [5.74, 6) is 0.530. The molecule has 4 aliphatic carbocycles. The lowest BCUT2D eigenvalue weighted by Crippen LogP contribution is -2.52. The number of hydrogen-bond acceptors (Lipinski definition) is 2. The normalized spacial score (nSPS) is 49.7. The molecule has 4 aliphatic rings. The predicted octanol–water partition coefficient (Wildman–Crippen LogP) is 4.85. The summed E-state index contributed by atoms with van der Waals surface area (Å²) in [7, 11) is 0. The number of alkyl halides is 3. The smallest absolute Gasteiger partial charge is 0.393 e. The fourth-order valence-electron chi connectivity index (χ4n) is 7.43. The van der Waals surface area contributed by atoms with Crippen LogP contribution in [0.25, 0.3) is 0 Å². The first-order valence-corrected chi connectivity index (χ1v) is 10.2. The van der Waals surface area contributed by atoms with Crippen LogP contribution in [0.3, 0.4) is 0 Å². The van der Waals surface area contributed by atoms with Crippen LogP contribution in [-0.2, 0) is 0 Å². The van der Waals surface area contributed by atoms with Gasteiger partial charge in [0.2, 0.25) is 0 Å². The third-order valence-corrected chi connectivity index (χ3v) is 8.87. The second kappa shape index (κ2) is 5.97. The zero-order valence-corrected chi connectivity index (χ0v) is 15.7. The van der Waals surface area contributed by atoms with Gasteiger partial charge in [0.1, 0.15) is 0 Å². The van der Waals surface area contributed by atoms with Gasteiger partial charge in [-0.2, -0.15) is 13.2 Å². The third kappa shape index (κ3) is 2.60. The Bertz CT molecular complexity index is 601. The maximum atomic E-state index is 13.2. The van der Waals surface area contributed by atoms with Gasteiger partial charge in [-0.3, -0.25) is 0 Å². The highest BCUT2D eigenvalue weighted by Crippen LogP contribution is 2.67. The van der Waals surface area contributed by atoms with E-state index in [1.807, 2.05) is 6.92 Å². The number of allylic oxidation sites excluding steroid dienone is 1. The van der Waals surface area contributed by atoms with Crippen molar-refractivity contribution in [3.8, 4) is 0 Å². The molecule has 0 spiro atoms. The molecule has 5 heteroatoms. The second-order valence-corrected chi connectivity index (χ2v) is 9.87. The van der Waals surface area contributed by atoms with Crippen molar-refractivity contribution in [1.82, 2.24) is 0 Å². The molecule has 8 atom stereocenters. The lowest BCUT2D eigenvalue weighted by Gasteiger charge is -2.58. The van der Waals surface area contributed by atoms with Gasteiger partial charge in [0.15, 0.2) is 6.10 Å². The van der Waals surface area contributed by atoms with Gasteiger partial charge in [0.05, 0.1) is 6.10 Å². The summed E-state index contributed by atoms with van der Waals surface area (Å²) in [6.45, 7) is 4.33. The zero-order valence-electron chi connectivity index (χ0n) is 15.7. The van der Waals surface area contributed by atoms with Gasteiger partial charge >= 0.3 is 6.18 Å². The molecular formula is C21H31F3O2. The van der Waals surface area contributed by atoms with Crippen molar-refractivity contribution in [1.29, 1.82) is 0 Å². The molecule has 3 saturated carbocycles. The van der Waals surface area contributed by atoms with Gasteiger partial charge in [-0.1, -0.05) is 25.5 Å². The van der Waals surface area contributed by atoms with E-state index in [4.69, 9.17) is 0 Å².